The summed E-state index contributed by atoms with van der Waals surface area (Å²) in [4.78, 5) is 10.3. The first-order valence-electron chi connectivity index (χ1n) is 6.69. The quantitative estimate of drug-likeness (QED) is 0.679. The number of nitrogens with zero attached hydrogens (tertiary/aromatic N) is 2. The fourth-order valence-electron chi connectivity index (χ4n) is 2.70. The Bertz CT molecular complexity index is 670. The number of nitro benzene ring substituents is 1. The average molecular weight is 313 g/mol. The zero-order chi connectivity index (χ0) is 15.8. The van der Waals surface area contributed by atoms with E-state index in [0.29, 0.717) is 6.54 Å². The topological polar surface area (TPSA) is 92.5 Å². The van der Waals surface area contributed by atoms with Crippen molar-refractivity contribution >= 4 is 21.4 Å². The predicted octanol–water partition coefficient (Wildman–Crippen LogP) is 2.20. The van der Waals surface area contributed by atoms with Crippen LogP contribution in [0, 0.1) is 10.1 Å². The van der Waals surface area contributed by atoms with Crippen molar-refractivity contribution in [3.63, 3.8) is 0 Å². The summed E-state index contributed by atoms with van der Waals surface area (Å²) in [5.74, 6) is 0. The van der Waals surface area contributed by atoms with E-state index in [1.807, 2.05) is 13.8 Å². The Hall–Kier alpha value is -1.67. The van der Waals surface area contributed by atoms with E-state index in [9.17, 15) is 18.5 Å². The lowest BCUT2D eigenvalue weighted by Crippen LogP contribution is -2.42. The van der Waals surface area contributed by atoms with Gasteiger partial charge in [0.25, 0.3) is 5.69 Å². The van der Waals surface area contributed by atoms with Gasteiger partial charge in [0.1, 0.15) is 4.90 Å². The Balaban J connectivity index is 2.52. The normalized spacial score (nSPS) is 18.6. The number of sulfonamides is 1. The molecule has 1 aliphatic rings. The van der Waals surface area contributed by atoms with Crippen molar-refractivity contribution in [2.75, 3.05) is 18.9 Å². The number of anilines is 1. The molecule has 1 fully saturated rings. The molecule has 0 aromatic heterocycles. The lowest BCUT2D eigenvalue weighted by Gasteiger charge is -2.31. The molecule has 1 heterocycles. The summed E-state index contributed by atoms with van der Waals surface area (Å²) in [7, 11) is -2.13. The third-order valence-electron chi connectivity index (χ3n) is 3.84. The van der Waals surface area contributed by atoms with Gasteiger partial charge in [0, 0.05) is 31.3 Å². The summed E-state index contributed by atoms with van der Waals surface area (Å²) >= 11 is 0. The molecule has 0 aliphatic carbocycles. The van der Waals surface area contributed by atoms with Crippen LogP contribution in [0.3, 0.4) is 0 Å². The molecular formula is C13H19N3O4S. The zero-order valence-electron chi connectivity index (χ0n) is 12.3. The van der Waals surface area contributed by atoms with Gasteiger partial charge in [0.2, 0.25) is 10.0 Å². The maximum atomic E-state index is 12.8. The Morgan fingerprint density at radius 1 is 1.38 bits per heavy atom. The van der Waals surface area contributed by atoms with Crippen LogP contribution in [0.2, 0.25) is 0 Å². The fraction of sp³-hybridized carbons (Fsp3) is 0.538. The first-order valence-corrected chi connectivity index (χ1v) is 8.13. The minimum Gasteiger partial charge on any atom is -0.387 e. The summed E-state index contributed by atoms with van der Waals surface area (Å²) in [6.45, 7) is 4.25. The van der Waals surface area contributed by atoms with Gasteiger partial charge in [-0.1, -0.05) is 0 Å². The van der Waals surface area contributed by atoms with Gasteiger partial charge in [0.15, 0.2) is 0 Å². The molecule has 21 heavy (non-hydrogen) atoms. The lowest BCUT2D eigenvalue weighted by atomic mass is 10.0. The van der Waals surface area contributed by atoms with E-state index < -0.39 is 20.5 Å². The summed E-state index contributed by atoms with van der Waals surface area (Å²) in [5.41, 5.74) is -0.336. The highest BCUT2D eigenvalue weighted by Gasteiger charge is 2.41. The summed E-state index contributed by atoms with van der Waals surface area (Å²) < 4.78 is 27.1. The van der Waals surface area contributed by atoms with Crippen LogP contribution in [0.1, 0.15) is 26.7 Å². The van der Waals surface area contributed by atoms with Crippen LogP contribution < -0.4 is 5.32 Å². The molecule has 0 saturated carbocycles. The Kier molecular flexibility index (Phi) is 3.94. The molecular weight excluding hydrogens is 294 g/mol. The molecule has 116 valence electrons. The van der Waals surface area contributed by atoms with E-state index >= 15 is 0 Å². The zero-order valence-corrected chi connectivity index (χ0v) is 13.1. The van der Waals surface area contributed by atoms with E-state index in [-0.39, 0.29) is 16.3 Å². The van der Waals surface area contributed by atoms with Crippen molar-refractivity contribution in [2.24, 2.45) is 0 Å². The molecule has 1 saturated heterocycles. The van der Waals surface area contributed by atoms with Gasteiger partial charge < -0.3 is 5.32 Å². The van der Waals surface area contributed by atoms with E-state index in [1.165, 1.54) is 22.5 Å². The van der Waals surface area contributed by atoms with Gasteiger partial charge in [-0.2, -0.15) is 4.31 Å². The minimum absolute atomic E-state index is 0.0746. The van der Waals surface area contributed by atoms with Gasteiger partial charge in [-0.25, -0.2) is 8.42 Å². The number of benzene rings is 1. The molecule has 0 unspecified atom stereocenters. The van der Waals surface area contributed by atoms with Crippen molar-refractivity contribution in [1.82, 2.24) is 4.31 Å². The molecule has 0 atom stereocenters. The second-order valence-corrected chi connectivity index (χ2v) is 7.51. The van der Waals surface area contributed by atoms with Crippen molar-refractivity contribution in [3.05, 3.63) is 28.3 Å². The van der Waals surface area contributed by atoms with E-state index in [0.717, 1.165) is 12.8 Å². The number of hydrogen-bond acceptors (Lipinski definition) is 5. The highest BCUT2D eigenvalue weighted by atomic mass is 32.2. The summed E-state index contributed by atoms with van der Waals surface area (Å²) in [5, 5.41) is 13.5. The molecule has 1 aromatic rings. The number of hydrogen-bond donors (Lipinski definition) is 1. The maximum absolute atomic E-state index is 12.8. The van der Waals surface area contributed by atoms with Crippen molar-refractivity contribution in [3.8, 4) is 0 Å². The smallest absolute Gasteiger partial charge is 0.271 e. The molecule has 0 bridgehead atoms. The highest BCUT2D eigenvalue weighted by Crippen LogP contribution is 2.36. The van der Waals surface area contributed by atoms with E-state index in [2.05, 4.69) is 5.32 Å². The van der Waals surface area contributed by atoms with Gasteiger partial charge in [-0.15, -0.1) is 0 Å². The Morgan fingerprint density at radius 2 is 2.05 bits per heavy atom. The minimum atomic E-state index is -3.68. The monoisotopic (exact) mass is 313 g/mol. The number of nitrogens with one attached hydrogen (secondary N) is 1. The molecule has 1 aliphatic heterocycles. The molecule has 0 spiro atoms. The van der Waals surface area contributed by atoms with Crippen LogP contribution in [-0.2, 0) is 10.0 Å². The first kappa shape index (κ1) is 15.7. The molecule has 2 rings (SSSR count). The lowest BCUT2D eigenvalue weighted by molar-refractivity contribution is -0.384. The SMILES string of the molecule is CNc1cc([N+](=O)[O-])ccc1S(=O)(=O)N1CCCC1(C)C. The van der Waals surface area contributed by atoms with Crippen LogP contribution >= 0.6 is 0 Å². The first-order chi connectivity index (χ1) is 9.70. The number of non-ortho nitro benzene ring substituents is 1. The van der Waals surface area contributed by atoms with Crippen molar-refractivity contribution < 1.29 is 13.3 Å². The summed E-state index contributed by atoms with van der Waals surface area (Å²) in [6.07, 6.45) is 1.61. The molecule has 0 radical (unpaired) electrons. The van der Waals surface area contributed by atoms with Crippen LogP contribution in [0.5, 0.6) is 0 Å². The second-order valence-electron chi connectivity index (χ2n) is 5.68. The fourth-order valence-corrected chi connectivity index (χ4v) is 4.73. The highest BCUT2D eigenvalue weighted by molar-refractivity contribution is 7.89. The Labute approximate surface area is 124 Å². The third kappa shape index (κ3) is 2.73. The van der Waals surface area contributed by atoms with E-state index in [1.54, 1.807) is 7.05 Å². The molecule has 1 aromatic carbocycles. The van der Waals surface area contributed by atoms with Crippen LogP contribution in [0.15, 0.2) is 23.1 Å². The predicted molar refractivity (Wildman–Crippen MR) is 79.8 cm³/mol. The Morgan fingerprint density at radius 3 is 2.52 bits per heavy atom. The van der Waals surface area contributed by atoms with E-state index in [4.69, 9.17) is 0 Å². The van der Waals surface area contributed by atoms with Crippen LogP contribution in [0.4, 0.5) is 11.4 Å². The molecule has 7 nitrogen and oxygen atoms in total. The van der Waals surface area contributed by atoms with Gasteiger partial charge in [0.05, 0.1) is 10.6 Å². The van der Waals surface area contributed by atoms with Gasteiger partial charge in [-0.3, -0.25) is 10.1 Å². The molecule has 1 N–H and O–H groups in total. The average Bonchev–Trinajstić information content (AvgIpc) is 2.78. The maximum Gasteiger partial charge on any atom is 0.271 e. The van der Waals surface area contributed by atoms with Crippen LogP contribution in [0.25, 0.3) is 0 Å². The number of rotatable bonds is 4. The summed E-state index contributed by atoms with van der Waals surface area (Å²) in [6, 6.07) is 3.76. The third-order valence-corrected chi connectivity index (χ3v) is 6.01. The van der Waals surface area contributed by atoms with Crippen molar-refractivity contribution in [2.45, 2.75) is 37.1 Å². The molecule has 0 amide bonds. The standard InChI is InChI=1S/C13H19N3O4S/c1-13(2)7-4-8-15(13)21(19,20)12-6-5-10(16(17)18)9-11(12)14-3/h5-6,9,14H,4,7-8H2,1-3H3. The largest absolute Gasteiger partial charge is 0.387 e. The molecule has 8 heteroatoms. The number of nitro groups is 1. The van der Waals surface area contributed by atoms with Crippen molar-refractivity contribution in [1.29, 1.82) is 0 Å². The second kappa shape index (κ2) is 5.27. The van der Waals surface area contributed by atoms with Gasteiger partial charge in [-0.05, 0) is 32.8 Å². The van der Waals surface area contributed by atoms with Crippen LogP contribution in [-0.4, -0.2) is 36.8 Å². The van der Waals surface area contributed by atoms with Gasteiger partial charge >= 0.3 is 0 Å².